The third kappa shape index (κ3) is 3.59. The van der Waals surface area contributed by atoms with Gasteiger partial charge in [-0.25, -0.2) is 9.50 Å². The van der Waals surface area contributed by atoms with Gasteiger partial charge in [-0.15, -0.1) is 0 Å². The Bertz CT molecular complexity index is 1070. The molecule has 2 fully saturated rings. The second kappa shape index (κ2) is 7.17. The SMILES string of the molecule is Cc1ccc(-c2cc3c(N4CCCC(C(=O)NC5CC5)C4)nccn3n2)c(C)c1. The predicted molar refractivity (Wildman–Crippen MR) is 114 cm³/mol. The summed E-state index contributed by atoms with van der Waals surface area (Å²) in [5, 5.41) is 7.97. The van der Waals surface area contributed by atoms with Crippen molar-refractivity contribution in [2.24, 2.45) is 5.92 Å². The predicted octanol–water partition coefficient (Wildman–Crippen LogP) is 3.51. The first-order chi connectivity index (χ1) is 14.1. The molecule has 1 unspecified atom stereocenters. The first-order valence-electron chi connectivity index (χ1n) is 10.6. The average Bonchev–Trinajstić information content (AvgIpc) is 3.42. The Morgan fingerprint density at radius 1 is 1.17 bits per heavy atom. The first kappa shape index (κ1) is 18.2. The zero-order chi connectivity index (χ0) is 20.0. The van der Waals surface area contributed by atoms with Crippen LogP contribution in [0.2, 0.25) is 0 Å². The van der Waals surface area contributed by atoms with Crippen molar-refractivity contribution in [3.63, 3.8) is 0 Å². The highest BCUT2D eigenvalue weighted by Gasteiger charge is 2.31. The molecule has 3 heterocycles. The minimum absolute atomic E-state index is 0.0353. The zero-order valence-corrected chi connectivity index (χ0v) is 17.1. The Morgan fingerprint density at radius 2 is 2.03 bits per heavy atom. The molecule has 29 heavy (non-hydrogen) atoms. The molecule has 1 atom stereocenters. The summed E-state index contributed by atoms with van der Waals surface area (Å²) in [6.07, 6.45) is 7.90. The van der Waals surface area contributed by atoms with Gasteiger partial charge in [0.2, 0.25) is 5.91 Å². The molecule has 1 saturated carbocycles. The summed E-state index contributed by atoms with van der Waals surface area (Å²) in [5.41, 5.74) is 5.56. The molecule has 6 nitrogen and oxygen atoms in total. The van der Waals surface area contributed by atoms with Gasteiger partial charge >= 0.3 is 0 Å². The van der Waals surface area contributed by atoms with Crippen molar-refractivity contribution in [3.8, 4) is 11.3 Å². The second-order valence-corrected chi connectivity index (χ2v) is 8.50. The molecule has 1 aliphatic carbocycles. The fourth-order valence-electron chi connectivity index (χ4n) is 4.31. The highest BCUT2D eigenvalue weighted by atomic mass is 16.2. The number of rotatable bonds is 4. The van der Waals surface area contributed by atoms with Crippen LogP contribution in [0, 0.1) is 19.8 Å². The lowest BCUT2D eigenvalue weighted by atomic mass is 9.97. The maximum atomic E-state index is 12.6. The molecule has 150 valence electrons. The number of carbonyl (C=O) groups is 1. The number of fused-ring (bicyclic) bond motifs is 1. The van der Waals surface area contributed by atoms with E-state index in [1.807, 2.05) is 10.7 Å². The minimum Gasteiger partial charge on any atom is -0.354 e. The van der Waals surface area contributed by atoms with E-state index in [4.69, 9.17) is 5.10 Å². The van der Waals surface area contributed by atoms with Crippen molar-refractivity contribution >= 4 is 17.2 Å². The van der Waals surface area contributed by atoms with Gasteiger partial charge in [0.25, 0.3) is 0 Å². The topological polar surface area (TPSA) is 62.5 Å². The van der Waals surface area contributed by atoms with Crippen LogP contribution in [0.1, 0.15) is 36.8 Å². The van der Waals surface area contributed by atoms with Gasteiger partial charge in [-0.1, -0.05) is 23.8 Å². The van der Waals surface area contributed by atoms with E-state index in [0.29, 0.717) is 6.04 Å². The van der Waals surface area contributed by atoms with Crippen molar-refractivity contribution in [2.45, 2.75) is 45.6 Å². The molecule has 1 amide bonds. The lowest BCUT2D eigenvalue weighted by Crippen LogP contribution is -2.44. The molecular formula is C23H27N5O. The van der Waals surface area contributed by atoms with Crippen LogP contribution in [0.4, 0.5) is 5.82 Å². The number of aryl methyl sites for hydroxylation is 2. The Morgan fingerprint density at radius 3 is 2.83 bits per heavy atom. The van der Waals surface area contributed by atoms with Crippen LogP contribution in [0.3, 0.4) is 0 Å². The van der Waals surface area contributed by atoms with E-state index >= 15 is 0 Å². The van der Waals surface area contributed by atoms with Crippen molar-refractivity contribution in [1.82, 2.24) is 19.9 Å². The maximum absolute atomic E-state index is 12.6. The summed E-state index contributed by atoms with van der Waals surface area (Å²) in [6, 6.07) is 8.98. The summed E-state index contributed by atoms with van der Waals surface area (Å²) < 4.78 is 1.91. The third-order valence-electron chi connectivity index (χ3n) is 6.04. The molecule has 5 rings (SSSR count). The summed E-state index contributed by atoms with van der Waals surface area (Å²) in [4.78, 5) is 19.5. The van der Waals surface area contributed by atoms with Crippen molar-refractivity contribution in [2.75, 3.05) is 18.0 Å². The van der Waals surface area contributed by atoms with Crippen LogP contribution in [0.5, 0.6) is 0 Å². The van der Waals surface area contributed by atoms with Crippen molar-refractivity contribution in [3.05, 3.63) is 47.8 Å². The third-order valence-corrected chi connectivity index (χ3v) is 6.04. The van der Waals surface area contributed by atoms with Crippen LogP contribution >= 0.6 is 0 Å². The van der Waals surface area contributed by atoms with Gasteiger partial charge in [-0.3, -0.25) is 4.79 Å². The quantitative estimate of drug-likeness (QED) is 0.742. The number of piperidine rings is 1. The number of aromatic nitrogens is 3. The number of amides is 1. The van der Waals surface area contributed by atoms with Crippen LogP contribution in [0.25, 0.3) is 16.8 Å². The lowest BCUT2D eigenvalue weighted by molar-refractivity contribution is -0.125. The Balaban J connectivity index is 1.45. The molecule has 0 bridgehead atoms. The zero-order valence-electron chi connectivity index (χ0n) is 17.1. The van der Waals surface area contributed by atoms with Crippen LogP contribution in [0.15, 0.2) is 36.7 Å². The fourth-order valence-corrected chi connectivity index (χ4v) is 4.31. The Kier molecular flexibility index (Phi) is 4.49. The fraction of sp³-hybridized carbons (Fsp3) is 0.435. The van der Waals surface area contributed by atoms with E-state index in [-0.39, 0.29) is 11.8 Å². The van der Waals surface area contributed by atoms with E-state index in [2.05, 4.69) is 53.3 Å². The number of benzene rings is 1. The number of anilines is 1. The van der Waals surface area contributed by atoms with Crippen molar-refractivity contribution in [1.29, 1.82) is 0 Å². The Labute approximate surface area is 170 Å². The van der Waals surface area contributed by atoms with Crippen LogP contribution < -0.4 is 10.2 Å². The summed E-state index contributed by atoms with van der Waals surface area (Å²) in [6.45, 7) is 5.87. The number of nitrogens with zero attached hydrogens (tertiary/aromatic N) is 4. The van der Waals surface area contributed by atoms with Crippen LogP contribution in [-0.2, 0) is 4.79 Å². The normalized spacial score (nSPS) is 19.5. The monoisotopic (exact) mass is 389 g/mol. The second-order valence-electron chi connectivity index (χ2n) is 8.50. The van der Waals surface area contributed by atoms with E-state index < -0.39 is 0 Å². The number of nitrogens with one attached hydrogen (secondary N) is 1. The summed E-state index contributed by atoms with van der Waals surface area (Å²) >= 11 is 0. The largest absolute Gasteiger partial charge is 0.354 e. The molecule has 6 heteroatoms. The molecule has 1 saturated heterocycles. The number of carbonyl (C=O) groups excluding carboxylic acids is 1. The lowest BCUT2D eigenvalue weighted by Gasteiger charge is -2.33. The van der Waals surface area contributed by atoms with Crippen LogP contribution in [-0.4, -0.2) is 39.6 Å². The number of hydrogen-bond donors (Lipinski definition) is 1. The Hall–Kier alpha value is -2.89. The molecule has 1 aromatic carbocycles. The smallest absolute Gasteiger partial charge is 0.225 e. The average molecular weight is 390 g/mol. The van der Waals surface area contributed by atoms with Gasteiger partial charge < -0.3 is 10.2 Å². The summed E-state index contributed by atoms with van der Waals surface area (Å²) in [7, 11) is 0. The van der Waals surface area contributed by atoms with Gasteiger partial charge in [0.1, 0.15) is 5.52 Å². The molecule has 2 aliphatic rings. The van der Waals surface area contributed by atoms with Crippen molar-refractivity contribution < 1.29 is 4.79 Å². The molecule has 0 radical (unpaired) electrons. The summed E-state index contributed by atoms with van der Waals surface area (Å²) in [5.74, 6) is 1.15. The molecule has 1 N–H and O–H groups in total. The standard InChI is InChI=1S/C23H27N5O/c1-15-5-8-19(16(2)12-15)20-13-21-22(24-9-11-28(21)26-20)27-10-3-4-17(14-27)23(29)25-18-6-7-18/h5,8-9,11-13,17-18H,3-4,6-7,10,14H2,1-2H3,(H,25,29). The van der Waals surface area contributed by atoms with Gasteiger partial charge in [-0.05, 0) is 51.2 Å². The molecule has 3 aromatic rings. The van der Waals surface area contributed by atoms with Gasteiger partial charge in [0.15, 0.2) is 5.82 Å². The van der Waals surface area contributed by atoms with Gasteiger partial charge in [-0.2, -0.15) is 5.10 Å². The first-order valence-corrected chi connectivity index (χ1v) is 10.6. The number of hydrogen-bond acceptors (Lipinski definition) is 4. The van der Waals surface area contributed by atoms with Gasteiger partial charge in [0, 0.05) is 37.1 Å². The molecule has 0 spiro atoms. The molecule has 1 aliphatic heterocycles. The maximum Gasteiger partial charge on any atom is 0.225 e. The van der Waals surface area contributed by atoms with E-state index in [9.17, 15) is 4.79 Å². The van der Waals surface area contributed by atoms with E-state index in [1.54, 1.807) is 6.20 Å². The van der Waals surface area contributed by atoms with Gasteiger partial charge in [0.05, 0.1) is 11.6 Å². The molecular weight excluding hydrogens is 362 g/mol. The minimum atomic E-state index is 0.0353. The highest BCUT2D eigenvalue weighted by Crippen LogP contribution is 2.30. The van der Waals surface area contributed by atoms with E-state index in [0.717, 1.165) is 61.4 Å². The van der Waals surface area contributed by atoms with E-state index in [1.165, 1.54) is 11.1 Å². The molecule has 2 aromatic heterocycles. The highest BCUT2D eigenvalue weighted by molar-refractivity contribution is 5.81.